The van der Waals surface area contributed by atoms with Gasteiger partial charge in [-0.05, 0) is 37.1 Å². The Morgan fingerprint density at radius 1 is 1.10 bits per heavy atom. The van der Waals surface area contributed by atoms with Gasteiger partial charge in [0, 0.05) is 11.6 Å². The lowest BCUT2D eigenvalue weighted by Crippen LogP contribution is -2.35. The van der Waals surface area contributed by atoms with E-state index in [1.165, 1.54) is 12.8 Å². The van der Waals surface area contributed by atoms with Crippen LogP contribution in [0.2, 0.25) is 0 Å². The first kappa shape index (κ1) is 17.5. The largest absolute Gasteiger partial charge is 0.462 e. The van der Waals surface area contributed by atoms with Crippen LogP contribution in [0.1, 0.15) is 39.5 Å². The smallest absolute Gasteiger partial charge is 0.226 e. The van der Waals surface area contributed by atoms with Gasteiger partial charge < -0.3 is 14.2 Å². The number of methoxy groups -OCH3 is 1. The van der Waals surface area contributed by atoms with Crippen molar-refractivity contribution in [1.82, 2.24) is 0 Å². The van der Waals surface area contributed by atoms with Gasteiger partial charge in [-0.2, -0.15) is 0 Å². The lowest BCUT2D eigenvalue weighted by atomic mass is 10.2. The molecule has 1 rings (SSSR count). The quantitative estimate of drug-likeness (QED) is 0.451. The van der Waals surface area contributed by atoms with E-state index in [0.717, 1.165) is 23.1 Å². The highest BCUT2D eigenvalue weighted by Crippen LogP contribution is 2.20. The third-order valence-corrected chi connectivity index (χ3v) is 3.63. The van der Waals surface area contributed by atoms with Crippen molar-refractivity contribution in [3.05, 3.63) is 28.7 Å². The van der Waals surface area contributed by atoms with Crippen LogP contribution in [0.3, 0.4) is 0 Å². The molecule has 4 heteroatoms. The Kier molecular flexibility index (Phi) is 8.90. The summed E-state index contributed by atoms with van der Waals surface area (Å²) >= 11 is 3.42. The molecule has 0 aliphatic heterocycles. The number of hydrogen-bond acceptors (Lipinski definition) is 3. The van der Waals surface area contributed by atoms with Gasteiger partial charge in [0.2, 0.25) is 6.29 Å². The maximum absolute atomic E-state index is 5.93. The molecular weight excluding hydrogens is 320 g/mol. The maximum atomic E-state index is 5.93. The van der Waals surface area contributed by atoms with E-state index in [1.807, 2.05) is 24.3 Å². The Morgan fingerprint density at radius 2 is 1.80 bits per heavy atom. The zero-order chi connectivity index (χ0) is 14.8. The summed E-state index contributed by atoms with van der Waals surface area (Å²) < 4.78 is 18.3. The van der Waals surface area contributed by atoms with Crippen LogP contribution in [-0.4, -0.2) is 26.1 Å². The molecule has 0 saturated carbocycles. The van der Waals surface area contributed by atoms with Gasteiger partial charge in [0.15, 0.2) is 0 Å². The standard InChI is InChI=1S/C16H25BrO3/c1-4-6-7-12-19-16(15(5-2)18-3)20-14-10-8-13(17)9-11-14/h8-11,15-16H,4-7,12H2,1-3H3. The molecule has 114 valence electrons. The molecule has 0 saturated heterocycles. The van der Waals surface area contributed by atoms with Crippen molar-refractivity contribution in [2.75, 3.05) is 13.7 Å². The SMILES string of the molecule is CCCCCOC(Oc1ccc(Br)cc1)C(CC)OC. The molecule has 0 heterocycles. The normalized spacial score (nSPS) is 14.0. The maximum Gasteiger partial charge on any atom is 0.226 e. The highest BCUT2D eigenvalue weighted by atomic mass is 79.9. The van der Waals surface area contributed by atoms with Gasteiger partial charge in [-0.15, -0.1) is 0 Å². The number of rotatable bonds is 10. The molecule has 1 aromatic rings. The molecule has 1 aromatic carbocycles. The zero-order valence-corrected chi connectivity index (χ0v) is 14.2. The minimum atomic E-state index is -0.358. The van der Waals surface area contributed by atoms with Crippen LogP contribution >= 0.6 is 15.9 Å². The average Bonchev–Trinajstić information content (AvgIpc) is 2.46. The molecule has 20 heavy (non-hydrogen) atoms. The summed E-state index contributed by atoms with van der Waals surface area (Å²) in [6, 6.07) is 7.76. The molecule has 0 aliphatic carbocycles. The number of unbranched alkanes of at least 4 members (excludes halogenated alkanes) is 2. The second-order valence-electron chi connectivity index (χ2n) is 4.70. The molecule has 0 fully saturated rings. The number of ether oxygens (including phenoxy) is 3. The minimum absolute atomic E-state index is 0.0553. The summed E-state index contributed by atoms with van der Waals surface area (Å²) in [6.07, 6.45) is 3.85. The van der Waals surface area contributed by atoms with Gasteiger partial charge in [0.1, 0.15) is 11.9 Å². The monoisotopic (exact) mass is 344 g/mol. The lowest BCUT2D eigenvalue weighted by Gasteiger charge is -2.26. The van der Waals surface area contributed by atoms with Crippen molar-refractivity contribution in [2.24, 2.45) is 0 Å². The fourth-order valence-corrected chi connectivity index (χ4v) is 2.15. The van der Waals surface area contributed by atoms with Gasteiger partial charge in [-0.1, -0.05) is 42.6 Å². The molecule has 0 radical (unpaired) electrons. The number of hydrogen-bond donors (Lipinski definition) is 0. The van der Waals surface area contributed by atoms with E-state index in [1.54, 1.807) is 7.11 Å². The molecule has 2 atom stereocenters. The van der Waals surface area contributed by atoms with Crippen LogP contribution in [0.25, 0.3) is 0 Å². The van der Waals surface area contributed by atoms with Crippen LogP contribution in [0, 0.1) is 0 Å². The van der Waals surface area contributed by atoms with Crippen LogP contribution < -0.4 is 4.74 Å². The second-order valence-corrected chi connectivity index (χ2v) is 5.62. The third-order valence-electron chi connectivity index (χ3n) is 3.10. The van der Waals surface area contributed by atoms with E-state index < -0.39 is 0 Å². The summed E-state index contributed by atoms with van der Waals surface area (Å²) in [6.45, 7) is 4.95. The predicted molar refractivity (Wildman–Crippen MR) is 85.1 cm³/mol. The average molecular weight is 345 g/mol. The van der Waals surface area contributed by atoms with Crippen LogP contribution in [-0.2, 0) is 9.47 Å². The third kappa shape index (κ3) is 6.25. The topological polar surface area (TPSA) is 27.7 Å². The summed E-state index contributed by atoms with van der Waals surface area (Å²) in [5.41, 5.74) is 0. The van der Waals surface area contributed by atoms with E-state index >= 15 is 0 Å². The molecule has 0 bridgehead atoms. The van der Waals surface area contributed by atoms with E-state index in [2.05, 4.69) is 29.8 Å². The fraction of sp³-hybridized carbons (Fsp3) is 0.625. The first-order valence-corrected chi connectivity index (χ1v) is 8.07. The summed E-state index contributed by atoms with van der Waals surface area (Å²) in [4.78, 5) is 0. The minimum Gasteiger partial charge on any atom is -0.462 e. The predicted octanol–water partition coefficient (Wildman–Crippen LogP) is 4.79. The molecule has 0 spiro atoms. The van der Waals surface area contributed by atoms with Crippen molar-refractivity contribution in [1.29, 1.82) is 0 Å². The molecule has 0 aromatic heterocycles. The fourth-order valence-electron chi connectivity index (χ4n) is 1.89. The Labute approximate surface area is 130 Å². The Balaban J connectivity index is 2.58. The van der Waals surface area contributed by atoms with Gasteiger partial charge in [-0.25, -0.2) is 0 Å². The second kappa shape index (κ2) is 10.2. The number of benzene rings is 1. The van der Waals surface area contributed by atoms with Crippen molar-refractivity contribution in [2.45, 2.75) is 51.9 Å². The first-order valence-electron chi connectivity index (χ1n) is 7.27. The summed E-state index contributed by atoms with van der Waals surface area (Å²) in [5.74, 6) is 0.796. The number of halogens is 1. The molecule has 0 amide bonds. The summed E-state index contributed by atoms with van der Waals surface area (Å²) in [5, 5.41) is 0. The van der Waals surface area contributed by atoms with Crippen molar-refractivity contribution < 1.29 is 14.2 Å². The lowest BCUT2D eigenvalue weighted by molar-refractivity contribution is -0.156. The highest BCUT2D eigenvalue weighted by Gasteiger charge is 2.22. The Hall–Kier alpha value is -0.580. The van der Waals surface area contributed by atoms with Gasteiger partial charge >= 0.3 is 0 Å². The zero-order valence-electron chi connectivity index (χ0n) is 12.6. The van der Waals surface area contributed by atoms with Crippen molar-refractivity contribution in [3.8, 4) is 5.75 Å². The highest BCUT2D eigenvalue weighted by molar-refractivity contribution is 9.10. The molecule has 0 N–H and O–H groups in total. The summed E-state index contributed by atoms with van der Waals surface area (Å²) in [7, 11) is 1.70. The van der Waals surface area contributed by atoms with Crippen molar-refractivity contribution in [3.63, 3.8) is 0 Å². The van der Waals surface area contributed by atoms with Gasteiger partial charge in [-0.3, -0.25) is 0 Å². The Morgan fingerprint density at radius 3 is 2.35 bits per heavy atom. The van der Waals surface area contributed by atoms with Crippen molar-refractivity contribution >= 4 is 15.9 Å². The van der Waals surface area contributed by atoms with E-state index in [4.69, 9.17) is 14.2 Å². The molecule has 0 aliphatic rings. The van der Waals surface area contributed by atoms with E-state index in [-0.39, 0.29) is 12.4 Å². The van der Waals surface area contributed by atoms with E-state index in [0.29, 0.717) is 6.61 Å². The Bertz CT molecular complexity index is 349. The molecule has 3 nitrogen and oxygen atoms in total. The molecule has 2 unspecified atom stereocenters. The van der Waals surface area contributed by atoms with Crippen LogP contribution in [0.4, 0.5) is 0 Å². The molecular formula is C16H25BrO3. The van der Waals surface area contributed by atoms with Crippen LogP contribution in [0.15, 0.2) is 28.7 Å². The van der Waals surface area contributed by atoms with Gasteiger partial charge in [0.05, 0.1) is 6.61 Å². The van der Waals surface area contributed by atoms with Crippen LogP contribution in [0.5, 0.6) is 5.75 Å². The van der Waals surface area contributed by atoms with E-state index in [9.17, 15) is 0 Å². The first-order chi connectivity index (χ1) is 9.71. The van der Waals surface area contributed by atoms with Gasteiger partial charge in [0.25, 0.3) is 0 Å².